The highest BCUT2D eigenvalue weighted by Crippen LogP contribution is 2.12. The van der Waals surface area contributed by atoms with Crippen LogP contribution in [0.2, 0.25) is 0 Å². The quantitative estimate of drug-likeness (QED) is 0.261. The number of amides is 1. The monoisotopic (exact) mass is 510 g/mol. The molecule has 2 aromatic carbocycles. The van der Waals surface area contributed by atoms with Crippen LogP contribution in [0.4, 0.5) is 0 Å². The van der Waals surface area contributed by atoms with Crippen LogP contribution in [0, 0.1) is 0 Å². The average molecular weight is 510 g/mol. The lowest BCUT2D eigenvalue weighted by Gasteiger charge is -2.12. The summed E-state index contributed by atoms with van der Waals surface area (Å²) in [7, 11) is 0. The smallest absolute Gasteiger partial charge is 0.255 e. The molecular weight excluding hydrogens is 479 g/mol. The van der Waals surface area contributed by atoms with Crippen molar-refractivity contribution in [2.24, 2.45) is 10.7 Å². The van der Waals surface area contributed by atoms with Crippen LogP contribution in [-0.4, -0.2) is 31.6 Å². The number of halogens is 1. The number of aryl methyl sites for hydroxylation is 1. The molecule has 0 unspecified atom stereocenters. The number of ether oxygens (including phenoxy) is 1. The summed E-state index contributed by atoms with van der Waals surface area (Å²) in [6.45, 7) is 6.35. The number of primary amides is 1. The van der Waals surface area contributed by atoms with Crippen molar-refractivity contribution in [2.75, 3.05) is 19.7 Å². The summed E-state index contributed by atoms with van der Waals surface area (Å²) >= 11 is 0. The standard InChI is InChI=1S/C22H30N4O2.HI/c1-3-18-7-5-6-8-19(18)15-26-22(24-4-2)25-14-13-17-9-11-20(12-10-17)28-16-21(23)27;/h5-12H,3-4,13-16H2,1-2H3,(H2,23,27)(H2,24,25,26);1H. The maximum atomic E-state index is 10.7. The van der Waals surface area contributed by atoms with Crippen molar-refractivity contribution in [1.82, 2.24) is 10.6 Å². The van der Waals surface area contributed by atoms with Crippen molar-refractivity contribution >= 4 is 35.8 Å². The number of nitrogens with zero attached hydrogens (tertiary/aromatic N) is 1. The number of benzene rings is 2. The minimum Gasteiger partial charge on any atom is -0.484 e. The topological polar surface area (TPSA) is 88.7 Å². The van der Waals surface area contributed by atoms with E-state index in [1.165, 1.54) is 16.7 Å². The zero-order valence-corrected chi connectivity index (χ0v) is 19.4. The fourth-order valence-electron chi connectivity index (χ4n) is 2.79. The number of rotatable bonds is 10. The minimum atomic E-state index is -0.481. The Balaban J connectivity index is 0.00000420. The van der Waals surface area contributed by atoms with E-state index in [4.69, 9.17) is 15.5 Å². The molecule has 1 amide bonds. The van der Waals surface area contributed by atoms with Crippen LogP contribution in [0.1, 0.15) is 30.5 Å². The van der Waals surface area contributed by atoms with E-state index in [1.54, 1.807) is 0 Å². The summed E-state index contributed by atoms with van der Waals surface area (Å²) in [5.74, 6) is 0.972. The number of nitrogens with one attached hydrogen (secondary N) is 2. The summed E-state index contributed by atoms with van der Waals surface area (Å²) in [5.41, 5.74) is 8.84. The number of aliphatic imine (C=N–C) groups is 1. The third kappa shape index (κ3) is 9.17. The molecule has 0 saturated heterocycles. The molecule has 6 nitrogen and oxygen atoms in total. The van der Waals surface area contributed by atoms with E-state index in [0.29, 0.717) is 12.3 Å². The van der Waals surface area contributed by atoms with Crippen molar-refractivity contribution < 1.29 is 9.53 Å². The predicted molar refractivity (Wildman–Crippen MR) is 129 cm³/mol. The van der Waals surface area contributed by atoms with Gasteiger partial charge in [0.25, 0.3) is 5.91 Å². The van der Waals surface area contributed by atoms with Crippen LogP contribution in [-0.2, 0) is 24.2 Å². The summed E-state index contributed by atoms with van der Waals surface area (Å²) in [6.07, 6.45) is 1.86. The first-order chi connectivity index (χ1) is 13.6. The number of carbonyl (C=O) groups is 1. The molecule has 158 valence electrons. The van der Waals surface area contributed by atoms with Crippen LogP contribution < -0.4 is 21.1 Å². The van der Waals surface area contributed by atoms with Crippen molar-refractivity contribution in [3.63, 3.8) is 0 Å². The van der Waals surface area contributed by atoms with E-state index in [9.17, 15) is 4.79 Å². The third-order valence-electron chi connectivity index (χ3n) is 4.26. The Bertz CT molecular complexity index is 779. The first-order valence-electron chi connectivity index (χ1n) is 9.71. The molecule has 0 fully saturated rings. The van der Waals surface area contributed by atoms with Gasteiger partial charge in [-0.25, -0.2) is 4.99 Å². The largest absolute Gasteiger partial charge is 0.484 e. The van der Waals surface area contributed by atoms with Gasteiger partial charge >= 0.3 is 0 Å². The molecule has 0 radical (unpaired) electrons. The van der Waals surface area contributed by atoms with Crippen molar-refractivity contribution in [2.45, 2.75) is 33.2 Å². The molecule has 0 bridgehead atoms. The lowest BCUT2D eigenvalue weighted by atomic mass is 10.1. The van der Waals surface area contributed by atoms with E-state index in [0.717, 1.165) is 31.9 Å². The molecule has 2 rings (SSSR count). The van der Waals surface area contributed by atoms with Crippen LogP contribution in [0.5, 0.6) is 5.75 Å². The lowest BCUT2D eigenvalue weighted by Crippen LogP contribution is -2.38. The van der Waals surface area contributed by atoms with Gasteiger partial charge in [-0.1, -0.05) is 43.3 Å². The Hall–Kier alpha value is -2.29. The Labute approximate surface area is 190 Å². The van der Waals surface area contributed by atoms with E-state index >= 15 is 0 Å². The highest BCUT2D eigenvalue weighted by Gasteiger charge is 2.02. The van der Waals surface area contributed by atoms with Crippen LogP contribution in [0.3, 0.4) is 0 Å². The second-order valence-corrected chi connectivity index (χ2v) is 6.39. The van der Waals surface area contributed by atoms with Gasteiger partial charge in [0.05, 0.1) is 6.54 Å². The highest BCUT2D eigenvalue weighted by molar-refractivity contribution is 14.0. The molecule has 29 heavy (non-hydrogen) atoms. The molecule has 0 aromatic heterocycles. The molecule has 0 aliphatic rings. The first kappa shape index (κ1) is 24.7. The molecule has 0 aliphatic heterocycles. The molecule has 0 aliphatic carbocycles. The fourth-order valence-corrected chi connectivity index (χ4v) is 2.79. The van der Waals surface area contributed by atoms with Crippen LogP contribution in [0.15, 0.2) is 53.5 Å². The lowest BCUT2D eigenvalue weighted by molar-refractivity contribution is -0.119. The number of hydrogen-bond acceptors (Lipinski definition) is 3. The molecule has 0 atom stereocenters. The molecule has 0 spiro atoms. The summed E-state index contributed by atoms with van der Waals surface area (Å²) in [4.78, 5) is 15.5. The molecule has 4 N–H and O–H groups in total. The van der Waals surface area contributed by atoms with Gasteiger partial charge < -0.3 is 21.1 Å². The maximum Gasteiger partial charge on any atom is 0.255 e. The van der Waals surface area contributed by atoms with Crippen molar-refractivity contribution in [1.29, 1.82) is 0 Å². The van der Waals surface area contributed by atoms with Gasteiger partial charge in [0.2, 0.25) is 0 Å². The number of hydrogen-bond donors (Lipinski definition) is 3. The van der Waals surface area contributed by atoms with Crippen molar-refractivity contribution in [3.8, 4) is 5.75 Å². The van der Waals surface area contributed by atoms with Gasteiger partial charge in [0, 0.05) is 13.1 Å². The predicted octanol–water partition coefficient (Wildman–Crippen LogP) is 3.03. The van der Waals surface area contributed by atoms with Crippen LogP contribution in [0.25, 0.3) is 0 Å². The normalized spacial score (nSPS) is 10.8. The molecule has 0 heterocycles. The van der Waals surface area contributed by atoms with Gasteiger partial charge in [-0.3, -0.25) is 4.79 Å². The summed E-state index contributed by atoms with van der Waals surface area (Å²) < 4.78 is 5.27. The summed E-state index contributed by atoms with van der Waals surface area (Å²) in [5, 5.41) is 6.67. The molecule has 7 heteroatoms. The third-order valence-corrected chi connectivity index (χ3v) is 4.26. The first-order valence-corrected chi connectivity index (χ1v) is 9.71. The van der Waals surface area contributed by atoms with E-state index in [2.05, 4.69) is 48.7 Å². The summed E-state index contributed by atoms with van der Waals surface area (Å²) in [6, 6.07) is 16.1. The fraction of sp³-hybridized carbons (Fsp3) is 0.364. The molecule has 2 aromatic rings. The Kier molecular flexibility index (Phi) is 11.8. The molecular formula is C22H31IN4O2. The van der Waals surface area contributed by atoms with Gasteiger partial charge in [-0.15, -0.1) is 24.0 Å². The average Bonchev–Trinajstić information content (AvgIpc) is 2.71. The van der Waals surface area contributed by atoms with E-state index in [1.807, 2.05) is 24.3 Å². The highest BCUT2D eigenvalue weighted by atomic mass is 127. The van der Waals surface area contributed by atoms with Crippen LogP contribution >= 0.6 is 24.0 Å². The van der Waals surface area contributed by atoms with Gasteiger partial charge in [0.15, 0.2) is 12.6 Å². The second kappa shape index (κ2) is 13.8. The Morgan fingerprint density at radius 2 is 1.72 bits per heavy atom. The van der Waals surface area contributed by atoms with Gasteiger partial charge in [-0.05, 0) is 48.6 Å². The van der Waals surface area contributed by atoms with E-state index < -0.39 is 5.91 Å². The maximum absolute atomic E-state index is 10.7. The minimum absolute atomic E-state index is 0. The Morgan fingerprint density at radius 3 is 2.34 bits per heavy atom. The number of guanidine groups is 1. The zero-order valence-electron chi connectivity index (χ0n) is 17.1. The number of carbonyl (C=O) groups excluding carboxylic acids is 1. The zero-order chi connectivity index (χ0) is 20.2. The van der Waals surface area contributed by atoms with Gasteiger partial charge in [0.1, 0.15) is 5.75 Å². The molecule has 0 saturated carbocycles. The van der Waals surface area contributed by atoms with E-state index in [-0.39, 0.29) is 30.6 Å². The Morgan fingerprint density at radius 1 is 1.03 bits per heavy atom. The van der Waals surface area contributed by atoms with Crippen molar-refractivity contribution in [3.05, 3.63) is 65.2 Å². The number of nitrogens with two attached hydrogens (primary N) is 1. The SMILES string of the molecule is CCNC(=NCc1ccccc1CC)NCCc1ccc(OCC(N)=O)cc1.I. The van der Waals surface area contributed by atoms with Gasteiger partial charge in [-0.2, -0.15) is 0 Å². The second-order valence-electron chi connectivity index (χ2n) is 6.39.